The highest BCUT2D eigenvalue weighted by Crippen LogP contribution is 2.34. The zero-order valence-corrected chi connectivity index (χ0v) is 11.4. The molecule has 0 fully saturated rings. The monoisotopic (exact) mass is 262 g/mol. The highest BCUT2D eigenvalue weighted by Gasteiger charge is 2.14. The van der Waals surface area contributed by atoms with Crippen molar-refractivity contribution < 1.29 is 0 Å². The summed E-state index contributed by atoms with van der Waals surface area (Å²) in [4.78, 5) is 4.74. The predicted molar refractivity (Wildman–Crippen MR) is 71.5 cm³/mol. The Balaban J connectivity index is 2.65. The molecule has 0 saturated heterocycles. The molecule has 0 aliphatic rings. The molecule has 0 unspecified atom stereocenters. The molecule has 2 nitrogen and oxygen atoms in total. The molecule has 1 aromatic carbocycles. The Labute approximate surface area is 110 Å². The van der Waals surface area contributed by atoms with Gasteiger partial charge >= 0.3 is 0 Å². The molecule has 0 atom stereocenters. The minimum atomic E-state index is 0.298. The first-order valence-electron chi connectivity index (χ1n) is 5.17. The Morgan fingerprint density at radius 1 is 1.24 bits per heavy atom. The molecule has 0 amide bonds. The van der Waals surface area contributed by atoms with E-state index in [2.05, 4.69) is 44.0 Å². The molecule has 1 heterocycles. The van der Waals surface area contributed by atoms with Gasteiger partial charge in [0, 0.05) is 5.56 Å². The van der Waals surface area contributed by atoms with Gasteiger partial charge < -0.3 is 0 Å². The van der Waals surface area contributed by atoms with Gasteiger partial charge in [0.2, 0.25) is 0 Å². The average Bonchev–Trinajstić information content (AvgIpc) is 2.57. The van der Waals surface area contributed by atoms with Gasteiger partial charge in [0.15, 0.2) is 5.15 Å². The number of hydrogen-bond donors (Lipinski definition) is 0. The molecule has 17 heavy (non-hydrogen) atoms. The van der Waals surface area contributed by atoms with E-state index in [9.17, 15) is 0 Å². The smallest absolute Gasteiger partial charge is 0.158 e. The van der Waals surface area contributed by atoms with Crippen molar-refractivity contribution in [1.82, 2.24) is 4.98 Å². The van der Waals surface area contributed by atoms with Gasteiger partial charge in [-0.1, -0.05) is 29.3 Å². The van der Waals surface area contributed by atoms with E-state index in [1.165, 1.54) is 16.9 Å². The van der Waals surface area contributed by atoms with Gasteiger partial charge in [-0.15, -0.1) is 11.3 Å². The predicted octanol–water partition coefficient (Wildman–Crippen LogP) is 4.26. The molecular formula is C13H11ClN2S. The van der Waals surface area contributed by atoms with E-state index in [1.54, 1.807) is 0 Å². The van der Waals surface area contributed by atoms with E-state index in [0.717, 1.165) is 21.7 Å². The summed E-state index contributed by atoms with van der Waals surface area (Å²) >= 11 is 7.25. The summed E-state index contributed by atoms with van der Waals surface area (Å²) in [6, 6.07) is 6.29. The van der Waals surface area contributed by atoms with Crippen molar-refractivity contribution in [3.63, 3.8) is 0 Å². The summed E-state index contributed by atoms with van der Waals surface area (Å²) in [5, 5.41) is 10.0. The Kier molecular flexibility index (Phi) is 3.19. The van der Waals surface area contributed by atoms with Crippen LogP contribution in [0.25, 0.3) is 10.6 Å². The number of thiazole rings is 1. The van der Waals surface area contributed by atoms with Crippen LogP contribution in [0.5, 0.6) is 0 Å². The van der Waals surface area contributed by atoms with Crippen molar-refractivity contribution in [2.24, 2.45) is 0 Å². The molecule has 0 spiro atoms. The number of nitriles is 1. The molecule has 0 bridgehead atoms. The summed E-state index contributed by atoms with van der Waals surface area (Å²) in [6.45, 7) is 6.17. The lowest BCUT2D eigenvalue weighted by Crippen LogP contribution is -1.89. The van der Waals surface area contributed by atoms with E-state index in [-0.39, 0.29) is 0 Å². The van der Waals surface area contributed by atoms with Crippen LogP contribution in [-0.4, -0.2) is 4.98 Å². The van der Waals surface area contributed by atoms with Crippen LogP contribution in [0.4, 0.5) is 0 Å². The second-order valence-corrected chi connectivity index (χ2v) is 5.38. The van der Waals surface area contributed by atoms with Gasteiger partial charge in [0.05, 0.1) is 0 Å². The van der Waals surface area contributed by atoms with Crippen LogP contribution in [0, 0.1) is 32.1 Å². The average molecular weight is 263 g/mol. The Bertz CT molecular complexity index is 600. The van der Waals surface area contributed by atoms with Crippen molar-refractivity contribution in [3.05, 3.63) is 38.9 Å². The maximum Gasteiger partial charge on any atom is 0.158 e. The first-order chi connectivity index (χ1) is 8.02. The number of halogens is 1. The quantitative estimate of drug-likeness (QED) is 0.770. The van der Waals surface area contributed by atoms with E-state index >= 15 is 0 Å². The van der Waals surface area contributed by atoms with Gasteiger partial charge in [0.1, 0.15) is 16.0 Å². The van der Waals surface area contributed by atoms with Gasteiger partial charge in [-0.3, -0.25) is 0 Å². The summed E-state index contributed by atoms with van der Waals surface area (Å²) in [5.74, 6) is 0. The lowest BCUT2D eigenvalue weighted by molar-refractivity contribution is 1.30. The van der Waals surface area contributed by atoms with Crippen molar-refractivity contribution in [2.75, 3.05) is 0 Å². The number of hydrogen-bond acceptors (Lipinski definition) is 3. The third kappa shape index (κ3) is 2.19. The number of rotatable bonds is 1. The van der Waals surface area contributed by atoms with Crippen molar-refractivity contribution in [2.45, 2.75) is 20.8 Å². The molecule has 0 aliphatic heterocycles. The van der Waals surface area contributed by atoms with Crippen LogP contribution in [-0.2, 0) is 0 Å². The van der Waals surface area contributed by atoms with Crippen molar-refractivity contribution in [1.29, 1.82) is 5.26 Å². The van der Waals surface area contributed by atoms with Crippen molar-refractivity contribution >= 4 is 22.9 Å². The highest BCUT2D eigenvalue weighted by atomic mass is 35.5. The summed E-state index contributed by atoms with van der Waals surface area (Å²) < 4.78 is 0. The molecule has 1 aromatic heterocycles. The Morgan fingerprint density at radius 3 is 2.29 bits per heavy atom. The first kappa shape index (κ1) is 12.1. The van der Waals surface area contributed by atoms with E-state index < -0.39 is 0 Å². The zero-order chi connectivity index (χ0) is 12.6. The summed E-state index contributed by atoms with van der Waals surface area (Å²) in [6.07, 6.45) is 0. The molecule has 2 aromatic rings. The Morgan fingerprint density at radius 2 is 1.82 bits per heavy atom. The van der Waals surface area contributed by atoms with Crippen LogP contribution < -0.4 is 0 Å². The third-order valence-electron chi connectivity index (χ3n) is 2.58. The molecule has 86 valence electrons. The second-order valence-electron chi connectivity index (χ2n) is 4.02. The van der Waals surface area contributed by atoms with Crippen molar-refractivity contribution in [3.8, 4) is 16.6 Å². The minimum absolute atomic E-state index is 0.298. The molecule has 0 radical (unpaired) electrons. The fraction of sp³-hybridized carbons (Fsp3) is 0.231. The van der Waals surface area contributed by atoms with E-state index in [4.69, 9.17) is 16.9 Å². The summed E-state index contributed by atoms with van der Waals surface area (Å²) in [7, 11) is 0. The zero-order valence-electron chi connectivity index (χ0n) is 9.84. The first-order valence-corrected chi connectivity index (χ1v) is 6.37. The fourth-order valence-corrected chi connectivity index (χ4v) is 3.22. The van der Waals surface area contributed by atoms with Crippen LogP contribution in [0.3, 0.4) is 0 Å². The fourth-order valence-electron chi connectivity index (χ4n) is 1.99. The molecule has 2 rings (SSSR count). The van der Waals surface area contributed by atoms with Gasteiger partial charge in [-0.2, -0.15) is 5.26 Å². The van der Waals surface area contributed by atoms with Gasteiger partial charge in [0.25, 0.3) is 0 Å². The largest absolute Gasteiger partial charge is 0.223 e. The van der Waals surface area contributed by atoms with Crippen LogP contribution >= 0.6 is 22.9 Å². The maximum absolute atomic E-state index is 8.90. The molecule has 0 saturated carbocycles. The normalized spacial score (nSPS) is 10.3. The number of benzene rings is 1. The molecular weight excluding hydrogens is 252 g/mol. The molecule has 0 aliphatic carbocycles. The van der Waals surface area contributed by atoms with Crippen LogP contribution in [0.2, 0.25) is 5.15 Å². The van der Waals surface area contributed by atoms with Crippen LogP contribution in [0.15, 0.2) is 12.1 Å². The SMILES string of the molecule is Cc1cc(C)c(-c2nc(Cl)c(C#N)s2)c(C)c1. The maximum atomic E-state index is 8.90. The van der Waals surface area contributed by atoms with E-state index in [1.807, 2.05) is 0 Å². The van der Waals surface area contributed by atoms with Crippen LogP contribution in [0.1, 0.15) is 21.6 Å². The van der Waals surface area contributed by atoms with Gasteiger partial charge in [-0.05, 0) is 31.9 Å². The standard InChI is InChI=1S/C13H11ClN2S/c1-7-4-8(2)11(9(3)5-7)13-16-12(14)10(6-15)17-13/h4-5H,1-3H3. The lowest BCUT2D eigenvalue weighted by Gasteiger charge is -2.08. The Hall–Kier alpha value is -1.37. The summed E-state index contributed by atoms with van der Waals surface area (Å²) in [5.41, 5.74) is 4.64. The second kappa shape index (κ2) is 4.48. The number of aryl methyl sites for hydroxylation is 3. The lowest BCUT2D eigenvalue weighted by atomic mass is 10.0. The van der Waals surface area contributed by atoms with E-state index in [0.29, 0.717) is 10.0 Å². The number of nitrogens with zero attached hydrogens (tertiary/aromatic N) is 2. The molecule has 0 N–H and O–H groups in total. The van der Waals surface area contributed by atoms with Gasteiger partial charge in [-0.25, -0.2) is 4.98 Å². The number of aromatic nitrogens is 1. The highest BCUT2D eigenvalue weighted by molar-refractivity contribution is 7.16. The molecule has 4 heteroatoms. The third-order valence-corrected chi connectivity index (χ3v) is 3.94. The topological polar surface area (TPSA) is 36.7 Å². The minimum Gasteiger partial charge on any atom is -0.223 e.